The van der Waals surface area contributed by atoms with Gasteiger partial charge in [-0.05, 0) is 38.8 Å². The van der Waals surface area contributed by atoms with Gasteiger partial charge in [0.15, 0.2) is 5.96 Å². The molecule has 0 bridgehead atoms. The molecule has 1 atom stereocenters. The molecule has 1 aliphatic heterocycles. The maximum absolute atomic E-state index is 5.91. The monoisotopic (exact) mass is 350 g/mol. The lowest BCUT2D eigenvalue weighted by molar-refractivity contribution is 0.259. The molecule has 0 aliphatic carbocycles. The largest absolute Gasteiger partial charge is 0.492 e. The zero-order chi connectivity index (χ0) is 17.2. The maximum Gasteiger partial charge on any atom is 0.191 e. The molecule has 1 fully saturated rings. The molecule has 0 radical (unpaired) electrons. The van der Waals surface area contributed by atoms with Gasteiger partial charge >= 0.3 is 0 Å². The van der Waals surface area contributed by atoms with Crippen molar-refractivity contribution in [1.82, 2.24) is 15.5 Å². The van der Waals surface area contributed by atoms with Gasteiger partial charge in [-0.15, -0.1) is 0 Å². The molecule has 2 N–H and O–H groups in total. The van der Waals surface area contributed by atoms with E-state index < -0.39 is 0 Å². The minimum atomic E-state index is 0.690. The molecule has 5 nitrogen and oxygen atoms in total. The summed E-state index contributed by atoms with van der Waals surface area (Å²) >= 11 is 2.05. The predicted octanol–water partition coefficient (Wildman–Crippen LogP) is 2.19. The van der Waals surface area contributed by atoms with Crippen molar-refractivity contribution in [3.8, 4) is 5.75 Å². The number of ether oxygens (including phenoxy) is 1. The summed E-state index contributed by atoms with van der Waals surface area (Å²) in [6, 6.07) is 8.18. The SMILES string of the molecule is CN=C(NCc1ccccc1OCCN(C)C)NCC1CCCS1. The minimum absolute atomic E-state index is 0.690. The highest BCUT2D eigenvalue weighted by Gasteiger charge is 2.15. The van der Waals surface area contributed by atoms with Crippen molar-refractivity contribution < 1.29 is 4.74 Å². The normalized spacial score (nSPS) is 18.0. The van der Waals surface area contributed by atoms with Crippen molar-refractivity contribution >= 4 is 17.7 Å². The lowest BCUT2D eigenvalue weighted by atomic mass is 10.2. The second-order valence-corrected chi connectivity index (χ2v) is 7.61. The van der Waals surface area contributed by atoms with Crippen molar-refractivity contribution in [3.63, 3.8) is 0 Å². The molecule has 1 saturated heterocycles. The zero-order valence-electron chi connectivity index (χ0n) is 15.0. The van der Waals surface area contributed by atoms with Crippen LogP contribution in [0.5, 0.6) is 5.75 Å². The molecule has 1 aliphatic rings. The molecule has 0 aromatic heterocycles. The first-order chi connectivity index (χ1) is 11.7. The third-order valence-electron chi connectivity index (χ3n) is 3.96. The van der Waals surface area contributed by atoms with Gasteiger partial charge in [-0.1, -0.05) is 18.2 Å². The van der Waals surface area contributed by atoms with Crippen molar-refractivity contribution in [3.05, 3.63) is 29.8 Å². The van der Waals surface area contributed by atoms with Gasteiger partial charge in [0.2, 0.25) is 0 Å². The number of nitrogens with one attached hydrogen (secondary N) is 2. The fourth-order valence-electron chi connectivity index (χ4n) is 2.54. The first kappa shape index (κ1) is 18.9. The van der Waals surface area contributed by atoms with Gasteiger partial charge in [-0.2, -0.15) is 11.8 Å². The summed E-state index contributed by atoms with van der Waals surface area (Å²) in [6.45, 7) is 3.28. The molecule has 1 unspecified atom stereocenters. The van der Waals surface area contributed by atoms with Crippen LogP contribution in [0.2, 0.25) is 0 Å². The van der Waals surface area contributed by atoms with Crippen LogP contribution in [0.3, 0.4) is 0 Å². The number of hydrogen-bond acceptors (Lipinski definition) is 4. The quantitative estimate of drug-likeness (QED) is 0.556. The highest BCUT2D eigenvalue weighted by molar-refractivity contribution is 8.00. The molecular weight excluding hydrogens is 320 g/mol. The van der Waals surface area contributed by atoms with Crippen LogP contribution in [-0.2, 0) is 6.54 Å². The Morgan fingerprint density at radius 1 is 1.33 bits per heavy atom. The molecule has 1 aromatic rings. The van der Waals surface area contributed by atoms with Crippen molar-refractivity contribution in [2.75, 3.05) is 46.6 Å². The first-order valence-electron chi connectivity index (χ1n) is 8.60. The summed E-state index contributed by atoms with van der Waals surface area (Å²) in [7, 11) is 5.92. The Morgan fingerprint density at radius 3 is 2.88 bits per heavy atom. The van der Waals surface area contributed by atoms with Crippen molar-refractivity contribution in [1.29, 1.82) is 0 Å². The summed E-state index contributed by atoms with van der Waals surface area (Å²) in [5.41, 5.74) is 1.15. The van der Waals surface area contributed by atoms with E-state index >= 15 is 0 Å². The summed E-state index contributed by atoms with van der Waals surface area (Å²) < 4.78 is 5.91. The number of benzene rings is 1. The fourth-order valence-corrected chi connectivity index (χ4v) is 3.75. The number of para-hydroxylation sites is 1. The highest BCUT2D eigenvalue weighted by atomic mass is 32.2. The Balaban J connectivity index is 1.80. The van der Waals surface area contributed by atoms with E-state index in [1.165, 1.54) is 18.6 Å². The van der Waals surface area contributed by atoms with Gasteiger partial charge in [0.1, 0.15) is 12.4 Å². The average Bonchev–Trinajstić information content (AvgIpc) is 3.09. The predicted molar refractivity (Wildman–Crippen MR) is 104 cm³/mol. The lowest BCUT2D eigenvalue weighted by Gasteiger charge is -2.17. The number of nitrogens with zero attached hydrogens (tertiary/aromatic N) is 2. The molecule has 24 heavy (non-hydrogen) atoms. The van der Waals surface area contributed by atoms with E-state index in [4.69, 9.17) is 4.74 Å². The average molecular weight is 351 g/mol. The minimum Gasteiger partial charge on any atom is -0.492 e. The van der Waals surface area contributed by atoms with Gasteiger partial charge in [0, 0.05) is 37.5 Å². The maximum atomic E-state index is 5.91. The van der Waals surface area contributed by atoms with Gasteiger partial charge in [0.05, 0.1) is 0 Å². The summed E-state index contributed by atoms with van der Waals surface area (Å²) in [5.74, 6) is 3.08. The van der Waals surface area contributed by atoms with Crippen molar-refractivity contribution in [2.24, 2.45) is 4.99 Å². The summed E-state index contributed by atoms with van der Waals surface area (Å²) in [5, 5.41) is 7.53. The Kier molecular flexibility index (Phi) is 8.25. The fraction of sp³-hybridized carbons (Fsp3) is 0.611. The second-order valence-electron chi connectivity index (χ2n) is 6.20. The van der Waals surface area contributed by atoms with Crippen molar-refractivity contribution in [2.45, 2.75) is 24.6 Å². The number of aliphatic imine (C=N–C) groups is 1. The van der Waals surface area contributed by atoms with Gasteiger partial charge in [-0.25, -0.2) is 0 Å². The van der Waals surface area contributed by atoms with E-state index in [0.717, 1.165) is 30.4 Å². The van der Waals surface area contributed by atoms with Gasteiger partial charge in [0.25, 0.3) is 0 Å². The van der Waals surface area contributed by atoms with Crippen LogP contribution in [0, 0.1) is 0 Å². The van der Waals surface area contributed by atoms with E-state index in [1.54, 1.807) is 0 Å². The number of guanidine groups is 1. The smallest absolute Gasteiger partial charge is 0.191 e. The van der Waals surface area contributed by atoms with E-state index in [9.17, 15) is 0 Å². The number of likely N-dealkylation sites (N-methyl/N-ethyl adjacent to an activating group) is 1. The summed E-state index contributed by atoms with van der Waals surface area (Å²) in [4.78, 5) is 6.44. The Labute approximate surface area is 150 Å². The molecule has 0 saturated carbocycles. The molecule has 1 aromatic carbocycles. The van der Waals surface area contributed by atoms with Crippen LogP contribution in [0.1, 0.15) is 18.4 Å². The highest BCUT2D eigenvalue weighted by Crippen LogP contribution is 2.25. The second kappa shape index (κ2) is 10.5. The molecule has 6 heteroatoms. The van der Waals surface area contributed by atoms with Crippen LogP contribution in [0.4, 0.5) is 0 Å². The van der Waals surface area contributed by atoms with E-state index in [1.807, 2.05) is 25.2 Å². The van der Waals surface area contributed by atoms with E-state index in [-0.39, 0.29) is 0 Å². The van der Waals surface area contributed by atoms with Crippen LogP contribution in [-0.4, -0.2) is 62.7 Å². The van der Waals surface area contributed by atoms with Gasteiger partial charge < -0.3 is 20.3 Å². The van der Waals surface area contributed by atoms with Crippen LogP contribution in [0.25, 0.3) is 0 Å². The number of hydrogen-bond donors (Lipinski definition) is 2. The van der Waals surface area contributed by atoms with E-state index in [0.29, 0.717) is 18.4 Å². The molecular formula is C18H30N4OS. The third kappa shape index (κ3) is 6.61. The lowest BCUT2D eigenvalue weighted by Crippen LogP contribution is -2.39. The number of thioether (sulfide) groups is 1. The third-order valence-corrected chi connectivity index (χ3v) is 5.36. The molecule has 1 heterocycles. The van der Waals surface area contributed by atoms with E-state index in [2.05, 4.69) is 52.4 Å². The Bertz CT molecular complexity index is 515. The Morgan fingerprint density at radius 2 is 2.17 bits per heavy atom. The number of rotatable bonds is 8. The summed E-state index contributed by atoms with van der Waals surface area (Å²) in [6.07, 6.45) is 2.64. The standard InChI is InChI=1S/C18H30N4OS/c1-19-18(21-14-16-8-6-12-24-16)20-13-15-7-4-5-9-17(15)23-11-10-22(2)3/h4-5,7,9,16H,6,8,10-14H2,1-3H3,(H2,19,20,21). The van der Waals surface area contributed by atoms with Gasteiger partial charge in [-0.3, -0.25) is 4.99 Å². The van der Waals surface area contributed by atoms with Crippen LogP contribution < -0.4 is 15.4 Å². The molecule has 134 valence electrons. The van der Waals surface area contributed by atoms with Crippen LogP contribution in [0.15, 0.2) is 29.3 Å². The zero-order valence-corrected chi connectivity index (χ0v) is 15.9. The molecule has 2 rings (SSSR count). The molecule has 0 spiro atoms. The Hall–Kier alpha value is -1.40. The van der Waals surface area contributed by atoms with Crippen LogP contribution >= 0.6 is 11.8 Å². The topological polar surface area (TPSA) is 48.9 Å². The molecule has 0 amide bonds. The first-order valence-corrected chi connectivity index (χ1v) is 9.65.